The first kappa shape index (κ1) is 14.5. The zero-order valence-corrected chi connectivity index (χ0v) is 10.8. The number of nitrogens with two attached hydrogens (primary N) is 1. The number of allylic oxidation sites excluding steroid dienone is 2. The predicted octanol–water partition coefficient (Wildman–Crippen LogP) is 3.57. The van der Waals surface area contributed by atoms with E-state index in [-0.39, 0.29) is 15.8 Å². The summed E-state index contributed by atoms with van der Waals surface area (Å²) in [5, 5.41) is 8.74. The van der Waals surface area contributed by atoms with E-state index < -0.39 is 23.3 Å². The number of alkyl halides is 3. The minimum atomic E-state index is -4.74. The molecular formula is C13H10F3NO2S. The Morgan fingerprint density at radius 2 is 1.85 bits per heavy atom. The predicted molar refractivity (Wildman–Crippen MR) is 70.7 cm³/mol. The van der Waals surface area contributed by atoms with Crippen LogP contribution in [0.15, 0.2) is 41.3 Å². The SMILES string of the molecule is Nc1cc(C(=O)O)c(C(F)(F)F)cc1SC1C=CC=C1. The summed E-state index contributed by atoms with van der Waals surface area (Å²) in [5.41, 5.74) is 3.65. The van der Waals surface area contributed by atoms with E-state index in [0.29, 0.717) is 0 Å². The maximum absolute atomic E-state index is 12.9. The first-order valence-electron chi connectivity index (χ1n) is 5.54. The molecule has 0 heterocycles. The number of thioether (sulfide) groups is 1. The molecule has 106 valence electrons. The van der Waals surface area contributed by atoms with Gasteiger partial charge in [-0.15, -0.1) is 11.8 Å². The molecule has 20 heavy (non-hydrogen) atoms. The third-order valence-electron chi connectivity index (χ3n) is 2.66. The number of carbonyl (C=O) groups is 1. The number of anilines is 1. The topological polar surface area (TPSA) is 63.3 Å². The minimum Gasteiger partial charge on any atom is -0.478 e. The van der Waals surface area contributed by atoms with Crippen molar-refractivity contribution in [2.45, 2.75) is 16.3 Å². The standard InChI is InChI=1S/C13H10F3NO2S/c14-13(15,16)9-6-11(20-7-3-1-2-4-7)10(17)5-8(9)12(18)19/h1-7H,17H2,(H,18,19). The molecule has 0 spiro atoms. The fourth-order valence-electron chi connectivity index (χ4n) is 1.75. The van der Waals surface area contributed by atoms with Crippen molar-refractivity contribution in [3.05, 3.63) is 47.6 Å². The first-order valence-corrected chi connectivity index (χ1v) is 6.42. The third-order valence-corrected chi connectivity index (χ3v) is 3.86. The van der Waals surface area contributed by atoms with Crippen molar-refractivity contribution in [2.75, 3.05) is 5.73 Å². The van der Waals surface area contributed by atoms with Gasteiger partial charge >= 0.3 is 12.1 Å². The summed E-state index contributed by atoms with van der Waals surface area (Å²) in [6, 6.07) is 1.65. The lowest BCUT2D eigenvalue weighted by atomic mass is 10.1. The molecule has 0 amide bonds. The average molecular weight is 301 g/mol. The Balaban J connectivity index is 2.46. The molecule has 0 fully saturated rings. The smallest absolute Gasteiger partial charge is 0.417 e. The van der Waals surface area contributed by atoms with E-state index in [2.05, 4.69) is 0 Å². The van der Waals surface area contributed by atoms with Crippen molar-refractivity contribution >= 4 is 23.4 Å². The molecule has 2 rings (SSSR count). The third kappa shape index (κ3) is 2.98. The monoisotopic (exact) mass is 301 g/mol. The summed E-state index contributed by atoms with van der Waals surface area (Å²) in [5.74, 6) is -1.65. The lowest BCUT2D eigenvalue weighted by Crippen LogP contribution is -2.14. The Morgan fingerprint density at radius 3 is 2.35 bits per heavy atom. The molecule has 0 bridgehead atoms. The van der Waals surface area contributed by atoms with Crippen molar-refractivity contribution in [1.29, 1.82) is 0 Å². The summed E-state index contributed by atoms with van der Waals surface area (Å²) < 4.78 is 38.7. The van der Waals surface area contributed by atoms with Crippen molar-refractivity contribution in [2.24, 2.45) is 0 Å². The Kier molecular flexibility index (Phi) is 3.80. The van der Waals surface area contributed by atoms with Gasteiger partial charge in [0.15, 0.2) is 0 Å². The summed E-state index contributed by atoms with van der Waals surface area (Å²) in [6.07, 6.45) is 2.44. The van der Waals surface area contributed by atoms with Gasteiger partial charge in [0.25, 0.3) is 0 Å². The van der Waals surface area contributed by atoms with Crippen molar-refractivity contribution < 1.29 is 23.1 Å². The molecule has 7 heteroatoms. The summed E-state index contributed by atoms with van der Waals surface area (Å²) in [4.78, 5) is 11.1. The van der Waals surface area contributed by atoms with Crippen LogP contribution in [0.1, 0.15) is 15.9 Å². The van der Waals surface area contributed by atoms with E-state index in [1.165, 1.54) is 0 Å². The van der Waals surface area contributed by atoms with Gasteiger partial charge in [0.05, 0.1) is 11.1 Å². The number of carboxylic acids is 1. The van der Waals surface area contributed by atoms with Crippen LogP contribution < -0.4 is 5.73 Å². The highest BCUT2D eigenvalue weighted by Crippen LogP contribution is 2.39. The second kappa shape index (κ2) is 5.24. The van der Waals surface area contributed by atoms with Gasteiger partial charge in [-0.3, -0.25) is 0 Å². The number of nitrogen functional groups attached to an aromatic ring is 1. The molecule has 3 nitrogen and oxygen atoms in total. The molecule has 1 aromatic carbocycles. The van der Waals surface area contributed by atoms with Crippen LogP contribution in [0.3, 0.4) is 0 Å². The molecule has 0 unspecified atom stereocenters. The van der Waals surface area contributed by atoms with Crippen molar-refractivity contribution in [1.82, 2.24) is 0 Å². The van der Waals surface area contributed by atoms with E-state index >= 15 is 0 Å². The molecular weight excluding hydrogens is 291 g/mol. The summed E-state index contributed by atoms with van der Waals surface area (Å²) in [7, 11) is 0. The van der Waals surface area contributed by atoms with Crippen LogP contribution in [0.4, 0.5) is 18.9 Å². The van der Waals surface area contributed by atoms with Crippen LogP contribution >= 0.6 is 11.8 Å². The van der Waals surface area contributed by atoms with E-state index in [0.717, 1.165) is 23.9 Å². The molecule has 0 aliphatic heterocycles. The van der Waals surface area contributed by atoms with Gasteiger partial charge in [0.1, 0.15) is 0 Å². The van der Waals surface area contributed by atoms with Gasteiger partial charge in [-0.2, -0.15) is 13.2 Å². The number of hydrogen-bond donors (Lipinski definition) is 2. The Hall–Kier alpha value is -1.89. The number of hydrogen-bond acceptors (Lipinski definition) is 3. The maximum Gasteiger partial charge on any atom is 0.417 e. The van der Waals surface area contributed by atoms with Gasteiger partial charge in [0, 0.05) is 15.8 Å². The summed E-state index contributed by atoms with van der Waals surface area (Å²) in [6.45, 7) is 0. The van der Waals surface area contributed by atoms with Crippen molar-refractivity contribution in [3.63, 3.8) is 0 Å². The fraction of sp³-hybridized carbons (Fsp3) is 0.154. The maximum atomic E-state index is 12.9. The van der Waals surface area contributed by atoms with E-state index in [9.17, 15) is 18.0 Å². The highest BCUT2D eigenvalue weighted by atomic mass is 32.2. The lowest BCUT2D eigenvalue weighted by molar-refractivity contribution is -0.138. The minimum absolute atomic E-state index is 0.0223. The molecule has 3 N–H and O–H groups in total. The van der Waals surface area contributed by atoms with Crippen LogP contribution in [0, 0.1) is 0 Å². The van der Waals surface area contributed by atoms with Crippen molar-refractivity contribution in [3.8, 4) is 0 Å². The van der Waals surface area contributed by atoms with Crippen LogP contribution in [-0.4, -0.2) is 16.3 Å². The highest BCUT2D eigenvalue weighted by Gasteiger charge is 2.36. The van der Waals surface area contributed by atoms with E-state index in [4.69, 9.17) is 10.8 Å². The first-order chi connectivity index (χ1) is 9.29. The zero-order chi connectivity index (χ0) is 14.9. The molecule has 0 saturated heterocycles. The molecule has 0 radical (unpaired) electrons. The largest absolute Gasteiger partial charge is 0.478 e. The number of rotatable bonds is 3. The average Bonchev–Trinajstić information content (AvgIpc) is 2.82. The highest BCUT2D eigenvalue weighted by molar-refractivity contribution is 8.00. The second-order valence-corrected chi connectivity index (χ2v) is 5.31. The van der Waals surface area contributed by atoms with Gasteiger partial charge < -0.3 is 10.8 Å². The number of carboxylic acid groups (broad SMARTS) is 1. The van der Waals surface area contributed by atoms with Crippen LogP contribution in [-0.2, 0) is 6.18 Å². The van der Waals surface area contributed by atoms with Gasteiger partial charge in [0.2, 0.25) is 0 Å². The van der Waals surface area contributed by atoms with Gasteiger partial charge in [-0.05, 0) is 12.1 Å². The van der Waals surface area contributed by atoms with Gasteiger partial charge in [-0.1, -0.05) is 24.3 Å². The number of halogens is 3. The molecule has 0 atom stereocenters. The molecule has 0 saturated carbocycles. The van der Waals surface area contributed by atoms with E-state index in [1.54, 1.807) is 12.2 Å². The molecule has 1 aromatic rings. The molecule has 0 aromatic heterocycles. The number of benzene rings is 1. The lowest BCUT2D eigenvalue weighted by Gasteiger charge is -2.15. The second-order valence-electron chi connectivity index (χ2n) is 4.09. The Labute approximate surface area is 117 Å². The van der Waals surface area contributed by atoms with Crippen LogP contribution in [0.25, 0.3) is 0 Å². The fourth-order valence-corrected chi connectivity index (χ4v) is 2.76. The number of aromatic carboxylic acids is 1. The molecule has 1 aliphatic carbocycles. The van der Waals surface area contributed by atoms with E-state index in [1.807, 2.05) is 12.2 Å². The Bertz CT molecular complexity index is 596. The zero-order valence-electron chi connectivity index (χ0n) is 10.0. The van der Waals surface area contributed by atoms with Gasteiger partial charge in [-0.25, -0.2) is 4.79 Å². The quantitative estimate of drug-likeness (QED) is 0.838. The summed E-state index contributed by atoms with van der Waals surface area (Å²) >= 11 is 1.14. The van der Waals surface area contributed by atoms with Crippen LogP contribution in [0.2, 0.25) is 0 Å². The normalized spacial score (nSPS) is 14.9. The Morgan fingerprint density at radius 1 is 1.25 bits per heavy atom. The molecule has 1 aliphatic rings. The van der Waals surface area contributed by atoms with Crippen LogP contribution in [0.5, 0.6) is 0 Å².